The third kappa shape index (κ3) is 3.89. The Morgan fingerprint density at radius 2 is 2.14 bits per heavy atom. The summed E-state index contributed by atoms with van der Waals surface area (Å²) < 4.78 is 10.7. The molecule has 5 nitrogen and oxygen atoms in total. The van der Waals surface area contributed by atoms with Crippen LogP contribution in [0, 0.1) is 5.92 Å². The van der Waals surface area contributed by atoms with Gasteiger partial charge in [-0.05, 0) is 30.7 Å². The van der Waals surface area contributed by atoms with E-state index in [0.29, 0.717) is 11.8 Å². The number of aryl methyl sites for hydroxylation is 1. The lowest BCUT2D eigenvalue weighted by Crippen LogP contribution is -2.12. The molecular weight excluding hydrogens is 266 g/mol. The van der Waals surface area contributed by atoms with E-state index in [1.165, 1.54) is 5.56 Å². The molecule has 3 rings (SSSR count). The zero-order valence-electron chi connectivity index (χ0n) is 12.1. The quantitative estimate of drug-likeness (QED) is 0.882. The first kappa shape index (κ1) is 14.2. The Balaban J connectivity index is 1.52. The lowest BCUT2D eigenvalue weighted by Gasteiger charge is -2.06. The highest BCUT2D eigenvalue weighted by molar-refractivity contribution is 5.15. The maximum absolute atomic E-state index is 6.14. The maximum Gasteiger partial charge on any atom is 0.243 e. The van der Waals surface area contributed by atoms with E-state index < -0.39 is 0 Å². The van der Waals surface area contributed by atoms with Crippen LogP contribution in [-0.2, 0) is 17.6 Å². The Morgan fingerprint density at radius 3 is 2.90 bits per heavy atom. The summed E-state index contributed by atoms with van der Waals surface area (Å²) >= 11 is 0. The predicted molar refractivity (Wildman–Crippen MR) is 78.6 cm³/mol. The Bertz CT molecular complexity index is 550. The van der Waals surface area contributed by atoms with Crippen LogP contribution < -0.4 is 5.73 Å². The van der Waals surface area contributed by atoms with Crippen molar-refractivity contribution in [1.82, 2.24) is 10.1 Å². The van der Waals surface area contributed by atoms with Gasteiger partial charge < -0.3 is 15.0 Å². The van der Waals surface area contributed by atoms with E-state index in [0.717, 1.165) is 44.7 Å². The normalized spacial score (nSPS) is 19.8. The average Bonchev–Trinajstić information content (AvgIpc) is 3.18. The van der Waals surface area contributed by atoms with Gasteiger partial charge in [0.1, 0.15) is 0 Å². The molecule has 0 aliphatic carbocycles. The number of hydrogen-bond acceptors (Lipinski definition) is 5. The molecule has 5 heteroatoms. The predicted octanol–water partition coefficient (Wildman–Crippen LogP) is 2.28. The minimum Gasteiger partial charge on any atom is -0.381 e. The smallest absolute Gasteiger partial charge is 0.243 e. The number of hydrogen-bond donors (Lipinski definition) is 1. The molecule has 1 unspecified atom stereocenters. The van der Waals surface area contributed by atoms with Gasteiger partial charge in [0.05, 0.1) is 6.04 Å². The monoisotopic (exact) mass is 287 g/mol. The van der Waals surface area contributed by atoms with Gasteiger partial charge in [-0.3, -0.25) is 0 Å². The molecule has 1 aliphatic heterocycles. The summed E-state index contributed by atoms with van der Waals surface area (Å²) in [7, 11) is 0. The molecule has 2 aromatic rings. The van der Waals surface area contributed by atoms with Gasteiger partial charge in [0.15, 0.2) is 5.82 Å². The number of aromatic nitrogens is 2. The fourth-order valence-corrected chi connectivity index (χ4v) is 2.59. The largest absolute Gasteiger partial charge is 0.381 e. The first-order chi connectivity index (χ1) is 10.3. The third-order valence-electron chi connectivity index (χ3n) is 3.88. The van der Waals surface area contributed by atoms with E-state index in [9.17, 15) is 0 Å². The van der Waals surface area contributed by atoms with Crippen LogP contribution in [0.3, 0.4) is 0 Å². The van der Waals surface area contributed by atoms with Gasteiger partial charge in [-0.15, -0.1) is 0 Å². The van der Waals surface area contributed by atoms with Crippen molar-refractivity contribution < 1.29 is 9.26 Å². The third-order valence-corrected chi connectivity index (χ3v) is 3.88. The minimum atomic E-state index is -0.203. The Kier molecular flexibility index (Phi) is 4.62. The molecule has 2 heterocycles. The maximum atomic E-state index is 6.14. The van der Waals surface area contributed by atoms with Crippen LogP contribution in [0.1, 0.15) is 36.2 Å². The number of benzene rings is 1. The van der Waals surface area contributed by atoms with Crippen LogP contribution >= 0.6 is 0 Å². The minimum absolute atomic E-state index is 0.203. The van der Waals surface area contributed by atoms with Crippen molar-refractivity contribution in [3.05, 3.63) is 47.6 Å². The summed E-state index contributed by atoms with van der Waals surface area (Å²) in [5, 5.41) is 4.03. The second kappa shape index (κ2) is 6.83. The number of ether oxygens (including phenoxy) is 1. The summed E-state index contributed by atoms with van der Waals surface area (Å²) in [5.74, 6) is 1.80. The highest BCUT2D eigenvalue weighted by Gasteiger charge is 2.20. The second-order valence-electron chi connectivity index (χ2n) is 5.61. The van der Waals surface area contributed by atoms with E-state index >= 15 is 0 Å². The summed E-state index contributed by atoms with van der Waals surface area (Å²) in [6.45, 7) is 1.63. The van der Waals surface area contributed by atoms with Crippen molar-refractivity contribution >= 4 is 0 Å². The van der Waals surface area contributed by atoms with Crippen molar-refractivity contribution in [3.63, 3.8) is 0 Å². The van der Waals surface area contributed by atoms with Crippen molar-refractivity contribution in [3.8, 4) is 0 Å². The average molecular weight is 287 g/mol. The van der Waals surface area contributed by atoms with E-state index in [1.807, 2.05) is 18.2 Å². The molecule has 1 fully saturated rings. The van der Waals surface area contributed by atoms with Crippen molar-refractivity contribution in [2.24, 2.45) is 11.7 Å². The molecule has 0 amide bonds. The molecule has 0 bridgehead atoms. The molecule has 0 radical (unpaired) electrons. The Hall–Kier alpha value is -1.72. The van der Waals surface area contributed by atoms with Crippen LogP contribution in [0.15, 0.2) is 34.9 Å². The molecule has 1 aromatic heterocycles. The molecule has 0 spiro atoms. The highest BCUT2D eigenvalue weighted by Crippen LogP contribution is 2.19. The van der Waals surface area contributed by atoms with Crippen molar-refractivity contribution in [2.75, 3.05) is 13.2 Å². The summed E-state index contributed by atoms with van der Waals surface area (Å²) in [6.07, 6.45) is 3.60. The fraction of sp³-hybridized carbons (Fsp3) is 0.500. The van der Waals surface area contributed by atoms with Gasteiger partial charge in [-0.25, -0.2) is 0 Å². The number of nitrogens with zero attached hydrogens (tertiary/aromatic N) is 2. The fourth-order valence-electron chi connectivity index (χ4n) is 2.59. The van der Waals surface area contributed by atoms with Gasteiger partial charge in [0.2, 0.25) is 5.89 Å². The van der Waals surface area contributed by atoms with Crippen molar-refractivity contribution in [1.29, 1.82) is 0 Å². The molecular formula is C16H21N3O2. The first-order valence-electron chi connectivity index (χ1n) is 7.51. The number of rotatable bonds is 6. The molecule has 1 aromatic carbocycles. The van der Waals surface area contributed by atoms with Crippen molar-refractivity contribution in [2.45, 2.75) is 31.7 Å². The van der Waals surface area contributed by atoms with Crippen LogP contribution in [0.4, 0.5) is 0 Å². The molecule has 1 aliphatic rings. The molecule has 112 valence electrons. The van der Waals surface area contributed by atoms with Gasteiger partial charge in [-0.2, -0.15) is 4.98 Å². The SMILES string of the molecule is N[C@@H](CCc1ccccc1)c1nc(CC2CCOC2)no1. The van der Waals surface area contributed by atoms with E-state index in [1.54, 1.807) is 0 Å². The zero-order valence-corrected chi connectivity index (χ0v) is 12.1. The van der Waals surface area contributed by atoms with Gasteiger partial charge in [0, 0.05) is 19.6 Å². The lowest BCUT2D eigenvalue weighted by atomic mass is 10.0. The molecule has 1 saturated heterocycles. The molecule has 2 atom stereocenters. The Labute approximate surface area is 124 Å². The van der Waals surface area contributed by atoms with Crippen LogP contribution in [0.5, 0.6) is 0 Å². The van der Waals surface area contributed by atoms with Crippen LogP contribution in [0.2, 0.25) is 0 Å². The van der Waals surface area contributed by atoms with E-state index in [2.05, 4.69) is 22.3 Å². The lowest BCUT2D eigenvalue weighted by molar-refractivity contribution is 0.185. The van der Waals surface area contributed by atoms with Crippen LogP contribution in [-0.4, -0.2) is 23.4 Å². The second-order valence-corrected chi connectivity index (χ2v) is 5.61. The van der Waals surface area contributed by atoms with E-state index in [-0.39, 0.29) is 6.04 Å². The van der Waals surface area contributed by atoms with E-state index in [4.69, 9.17) is 15.0 Å². The number of nitrogens with two attached hydrogens (primary N) is 1. The zero-order chi connectivity index (χ0) is 14.5. The molecule has 21 heavy (non-hydrogen) atoms. The molecule has 2 N–H and O–H groups in total. The summed E-state index contributed by atoms with van der Waals surface area (Å²) in [5.41, 5.74) is 7.42. The van der Waals surface area contributed by atoms with Gasteiger partial charge in [0.25, 0.3) is 0 Å². The van der Waals surface area contributed by atoms with Gasteiger partial charge in [-0.1, -0.05) is 35.5 Å². The highest BCUT2D eigenvalue weighted by atomic mass is 16.5. The molecule has 0 saturated carbocycles. The standard InChI is InChI=1S/C16H21N3O2/c17-14(7-6-12-4-2-1-3-5-12)16-18-15(19-21-16)10-13-8-9-20-11-13/h1-5,13-14H,6-11,17H2/t13?,14-/m0/s1. The first-order valence-corrected chi connectivity index (χ1v) is 7.51. The van der Waals surface area contributed by atoms with Crippen LogP contribution in [0.25, 0.3) is 0 Å². The Morgan fingerprint density at radius 1 is 1.29 bits per heavy atom. The summed E-state index contributed by atoms with van der Waals surface area (Å²) in [6, 6.07) is 10.1. The summed E-state index contributed by atoms with van der Waals surface area (Å²) in [4.78, 5) is 4.43. The van der Waals surface area contributed by atoms with Gasteiger partial charge >= 0.3 is 0 Å². The topological polar surface area (TPSA) is 74.2 Å².